The highest BCUT2D eigenvalue weighted by molar-refractivity contribution is 5.91. The fourth-order valence-electron chi connectivity index (χ4n) is 2.54. The number of carbonyl (C=O) groups is 1. The topological polar surface area (TPSA) is 44.1 Å². The van der Waals surface area contributed by atoms with E-state index in [0.29, 0.717) is 12.1 Å². The summed E-state index contributed by atoms with van der Waals surface area (Å²) in [7, 11) is 1.35. The molecule has 0 saturated carbocycles. The molecule has 0 aliphatic heterocycles. The zero-order valence-electron chi connectivity index (χ0n) is 13.7. The van der Waals surface area contributed by atoms with Crippen LogP contribution in [0.15, 0.2) is 67.3 Å². The number of imidazole rings is 1. The third kappa shape index (κ3) is 4.20. The predicted molar refractivity (Wildman–Crippen MR) is 94.3 cm³/mol. The second kappa shape index (κ2) is 7.57. The molecule has 3 aromatic rings. The van der Waals surface area contributed by atoms with E-state index in [2.05, 4.69) is 4.98 Å². The molecule has 25 heavy (non-hydrogen) atoms. The molecule has 0 atom stereocenters. The van der Waals surface area contributed by atoms with E-state index >= 15 is 0 Å². The Bertz CT molecular complexity index is 884. The van der Waals surface area contributed by atoms with Crippen LogP contribution >= 0.6 is 0 Å². The highest BCUT2D eigenvalue weighted by Gasteiger charge is 2.07. The van der Waals surface area contributed by atoms with Crippen LogP contribution in [0.5, 0.6) is 0 Å². The third-order valence-electron chi connectivity index (χ3n) is 3.78. The summed E-state index contributed by atoms with van der Waals surface area (Å²) in [5, 5.41) is 0. The number of methoxy groups -OCH3 is 1. The number of ether oxygens (including phenoxy) is 1. The van der Waals surface area contributed by atoms with E-state index < -0.39 is 0 Å². The van der Waals surface area contributed by atoms with Gasteiger partial charge in [-0.25, -0.2) is 14.2 Å². The SMILES string of the molecule is COC(=O)c1cccc(/C=C(\Cn2ccnc2)c2ccc(F)cc2)c1. The fraction of sp³-hybridized carbons (Fsp3) is 0.100. The van der Waals surface area contributed by atoms with Crippen molar-refractivity contribution in [2.45, 2.75) is 6.54 Å². The molecule has 1 aromatic heterocycles. The van der Waals surface area contributed by atoms with Crippen LogP contribution in [0, 0.1) is 5.82 Å². The van der Waals surface area contributed by atoms with Crippen molar-refractivity contribution in [2.75, 3.05) is 7.11 Å². The van der Waals surface area contributed by atoms with Gasteiger partial charge in [0.05, 0.1) is 19.0 Å². The Hall–Kier alpha value is -3.21. The Morgan fingerprint density at radius 3 is 2.68 bits per heavy atom. The number of hydrogen-bond donors (Lipinski definition) is 0. The molecule has 126 valence electrons. The molecule has 0 fully saturated rings. The minimum atomic E-state index is -0.381. The number of halogens is 1. The van der Waals surface area contributed by atoms with Crippen LogP contribution in [-0.4, -0.2) is 22.6 Å². The lowest BCUT2D eigenvalue weighted by molar-refractivity contribution is 0.0600. The number of hydrogen-bond acceptors (Lipinski definition) is 3. The van der Waals surface area contributed by atoms with E-state index in [-0.39, 0.29) is 11.8 Å². The summed E-state index contributed by atoms with van der Waals surface area (Å²) in [6.45, 7) is 0.577. The number of nitrogens with zero attached hydrogens (tertiary/aromatic N) is 2. The van der Waals surface area contributed by atoms with Gasteiger partial charge in [-0.15, -0.1) is 0 Å². The van der Waals surface area contributed by atoms with Gasteiger partial charge in [0.25, 0.3) is 0 Å². The average Bonchev–Trinajstić information content (AvgIpc) is 3.14. The Labute approximate surface area is 145 Å². The first kappa shape index (κ1) is 16.6. The number of carbonyl (C=O) groups excluding carboxylic acids is 1. The summed E-state index contributed by atoms with van der Waals surface area (Å²) >= 11 is 0. The summed E-state index contributed by atoms with van der Waals surface area (Å²) in [5.41, 5.74) is 3.22. The molecule has 0 spiro atoms. The first-order valence-electron chi connectivity index (χ1n) is 7.76. The highest BCUT2D eigenvalue weighted by atomic mass is 19.1. The second-order valence-electron chi connectivity index (χ2n) is 5.53. The van der Waals surface area contributed by atoms with Crippen LogP contribution < -0.4 is 0 Å². The maximum Gasteiger partial charge on any atom is 0.337 e. The maximum atomic E-state index is 13.2. The molecular formula is C20H17FN2O2. The van der Waals surface area contributed by atoms with Gasteiger partial charge in [-0.3, -0.25) is 0 Å². The standard InChI is InChI=1S/C20H17FN2O2/c1-25-20(24)17-4-2-3-15(11-17)12-18(13-23-10-9-22-14-23)16-5-7-19(21)8-6-16/h2-12,14H,13H2,1H3/b18-12+. The first-order chi connectivity index (χ1) is 12.2. The van der Waals surface area contributed by atoms with E-state index in [1.54, 1.807) is 42.9 Å². The van der Waals surface area contributed by atoms with Gasteiger partial charge in [0.15, 0.2) is 0 Å². The van der Waals surface area contributed by atoms with Gasteiger partial charge in [0.2, 0.25) is 0 Å². The molecule has 0 unspecified atom stereocenters. The molecule has 0 saturated heterocycles. The number of allylic oxidation sites excluding steroid dienone is 1. The maximum absolute atomic E-state index is 13.2. The van der Waals surface area contributed by atoms with Gasteiger partial charge in [-0.2, -0.15) is 0 Å². The summed E-state index contributed by atoms with van der Waals surface area (Å²) in [4.78, 5) is 15.8. The van der Waals surface area contributed by atoms with E-state index in [0.717, 1.165) is 16.7 Å². The van der Waals surface area contributed by atoms with Gasteiger partial charge in [-0.05, 0) is 47.0 Å². The number of esters is 1. The third-order valence-corrected chi connectivity index (χ3v) is 3.78. The van der Waals surface area contributed by atoms with Gasteiger partial charge in [0.1, 0.15) is 5.82 Å². The number of benzene rings is 2. The predicted octanol–water partition coefficient (Wildman–Crippen LogP) is 4.05. The molecule has 4 nitrogen and oxygen atoms in total. The lowest BCUT2D eigenvalue weighted by Crippen LogP contribution is -2.01. The minimum Gasteiger partial charge on any atom is -0.465 e. The van der Waals surface area contributed by atoms with Crippen molar-refractivity contribution in [3.05, 3.63) is 89.8 Å². The summed E-state index contributed by atoms with van der Waals surface area (Å²) in [5.74, 6) is -0.661. The van der Waals surface area contributed by atoms with Crippen molar-refractivity contribution in [1.82, 2.24) is 9.55 Å². The molecule has 0 N–H and O–H groups in total. The van der Waals surface area contributed by atoms with Crippen molar-refractivity contribution >= 4 is 17.6 Å². The van der Waals surface area contributed by atoms with Gasteiger partial charge >= 0.3 is 5.97 Å². The van der Waals surface area contributed by atoms with Crippen molar-refractivity contribution in [3.8, 4) is 0 Å². The summed E-state index contributed by atoms with van der Waals surface area (Å²) < 4.78 is 19.9. The molecule has 0 aliphatic carbocycles. The Morgan fingerprint density at radius 2 is 2.00 bits per heavy atom. The molecule has 0 aliphatic rings. The molecule has 2 aromatic carbocycles. The van der Waals surface area contributed by atoms with Crippen LogP contribution in [0.1, 0.15) is 21.5 Å². The average molecular weight is 336 g/mol. The quantitative estimate of drug-likeness (QED) is 0.521. The molecule has 0 amide bonds. The van der Waals surface area contributed by atoms with Gasteiger partial charge in [-0.1, -0.05) is 24.3 Å². The van der Waals surface area contributed by atoms with Crippen LogP contribution in [-0.2, 0) is 11.3 Å². The molecule has 5 heteroatoms. The van der Waals surface area contributed by atoms with Gasteiger partial charge < -0.3 is 9.30 Å². The summed E-state index contributed by atoms with van der Waals surface area (Å²) in [6.07, 6.45) is 7.27. The largest absolute Gasteiger partial charge is 0.465 e. The molecular weight excluding hydrogens is 319 g/mol. The second-order valence-corrected chi connectivity index (χ2v) is 5.53. The molecule has 3 rings (SSSR count). The fourth-order valence-corrected chi connectivity index (χ4v) is 2.54. The number of aromatic nitrogens is 2. The molecule has 1 heterocycles. The Kier molecular flexibility index (Phi) is 5.04. The van der Waals surface area contributed by atoms with Crippen LogP contribution in [0.4, 0.5) is 4.39 Å². The van der Waals surface area contributed by atoms with E-state index in [1.165, 1.54) is 19.2 Å². The van der Waals surface area contributed by atoms with Gasteiger partial charge in [0, 0.05) is 18.9 Å². The Morgan fingerprint density at radius 1 is 1.20 bits per heavy atom. The summed E-state index contributed by atoms with van der Waals surface area (Å²) in [6, 6.07) is 13.5. The lowest BCUT2D eigenvalue weighted by Gasteiger charge is -2.10. The van der Waals surface area contributed by atoms with Crippen LogP contribution in [0.3, 0.4) is 0 Å². The van der Waals surface area contributed by atoms with E-state index in [1.807, 2.05) is 22.9 Å². The highest BCUT2D eigenvalue weighted by Crippen LogP contribution is 2.21. The molecule has 0 bridgehead atoms. The van der Waals surface area contributed by atoms with Crippen molar-refractivity contribution < 1.29 is 13.9 Å². The Balaban J connectivity index is 1.99. The smallest absolute Gasteiger partial charge is 0.337 e. The zero-order chi connectivity index (χ0) is 17.6. The monoisotopic (exact) mass is 336 g/mol. The van der Waals surface area contributed by atoms with Crippen molar-refractivity contribution in [1.29, 1.82) is 0 Å². The van der Waals surface area contributed by atoms with Crippen LogP contribution in [0.25, 0.3) is 11.6 Å². The number of rotatable bonds is 5. The zero-order valence-corrected chi connectivity index (χ0v) is 13.7. The van der Waals surface area contributed by atoms with Crippen molar-refractivity contribution in [3.63, 3.8) is 0 Å². The van der Waals surface area contributed by atoms with Crippen molar-refractivity contribution in [2.24, 2.45) is 0 Å². The lowest BCUT2D eigenvalue weighted by atomic mass is 10.0. The molecule has 0 radical (unpaired) electrons. The van der Waals surface area contributed by atoms with Crippen LogP contribution in [0.2, 0.25) is 0 Å². The first-order valence-corrected chi connectivity index (χ1v) is 7.76. The van der Waals surface area contributed by atoms with E-state index in [4.69, 9.17) is 4.74 Å². The van der Waals surface area contributed by atoms with E-state index in [9.17, 15) is 9.18 Å². The minimum absolute atomic E-state index is 0.279. The normalized spacial score (nSPS) is 11.4.